The highest BCUT2D eigenvalue weighted by atomic mass is 14.7. The van der Waals surface area contributed by atoms with Crippen LogP contribution in [0.3, 0.4) is 0 Å². The van der Waals surface area contributed by atoms with Gasteiger partial charge in [0.05, 0.1) is 0 Å². The normalized spacial score (nSPS) is 44.2. The second-order valence-corrected chi connectivity index (χ2v) is 6.17. The maximum absolute atomic E-state index is 6.49. The zero-order valence-electron chi connectivity index (χ0n) is 10.4. The molecule has 3 atom stereocenters. The van der Waals surface area contributed by atoms with Crippen LogP contribution in [0.5, 0.6) is 0 Å². The molecule has 15 heavy (non-hydrogen) atoms. The summed E-state index contributed by atoms with van der Waals surface area (Å²) in [5, 5.41) is 0. The molecule has 0 heterocycles. The van der Waals surface area contributed by atoms with Gasteiger partial charge in [0.15, 0.2) is 0 Å². The highest BCUT2D eigenvalue weighted by molar-refractivity contribution is 4.88. The lowest BCUT2D eigenvalue weighted by molar-refractivity contribution is 0.193. The minimum absolute atomic E-state index is 0.509. The number of hydrogen-bond donors (Lipinski definition) is 1. The quantitative estimate of drug-likeness (QED) is 0.739. The Balaban J connectivity index is 1.87. The molecule has 0 amide bonds. The Kier molecular flexibility index (Phi) is 3.71. The van der Waals surface area contributed by atoms with Crippen LogP contribution >= 0.6 is 0 Å². The molecule has 0 aromatic heterocycles. The van der Waals surface area contributed by atoms with E-state index in [4.69, 9.17) is 5.73 Å². The molecular formula is C14H27N. The van der Waals surface area contributed by atoms with Gasteiger partial charge in [-0.05, 0) is 42.9 Å². The van der Waals surface area contributed by atoms with Crippen LogP contribution in [0.1, 0.15) is 58.8 Å². The maximum atomic E-state index is 6.49. The van der Waals surface area contributed by atoms with Crippen molar-refractivity contribution < 1.29 is 0 Å². The molecule has 0 radical (unpaired) electrons. The molecule has 2 saturated carbocycles. The van der Waals surface area contributed by atoms with Crippen LogP contribution in [0.4, 0.5) is 0 Å². The van der Waals surface area contributed by atoms with Crippen molar-refractivity contribution in [3.63, 3.8) is 0 Å². The predicted octanol–water partition coefficient (Wildman–Crippen LogP) is 3.58. The third kappa shape index (κ3) is 2.55. The number of nitrogens with two attached hydrogens (primary N) is 1. The zero-order valence-corrected chi connectivity index (χ0v) is 10.4. The van der Waals surface area contributed by atoms with Gasteiger partial charge >= 0.3 is 0 Å². The van der Waals surface area contributed by atoms with Crippen molar-refractivity contribution in [2.24, 2.45) is 29.4 Å². The topological polar surface area (TPSA) is 26.0 Å². The molecule has 2 rings (SSSR count). The lowest BCUT2D eigenvalue weighted by atomic mass is 9.74. The molecule has 2 aliphatic carbocycles. The van der Waals surface area contributed by atoms with Crippen LogP contribution in [-0.4, -0.2) is 6.04 Å². The molecule has 0 spiro atoms. The summed E-state index contributed by atoms with van der Waals surface area (Å²) in [7, 11) is 0. The Morgan fingerprint density at radius 2 is 1.60 bits per heavy atom. The SMILES string of the molecule is CC1CCC(C(N)C2CCCC2C)CC1. The molecule has 88 valence electrons. The van der Waals surface area contributed by atoms with E-state index >= 15 is 0 Å². The molecule has 2 fully saturated rings. The molecule has 1 nitrogen and oxygen atoms in total. The predicted molar refractivity (Wildman–Crippen MR) is 65.6 cm³/mol. The van der Waals surface area contributed by atoms with Gasteiger partial charge in [0.1, 0.15) is 0 Å². The van der Waals surface area contributed by atoms with Crippen molar-refractivity contribution >= 4 is 0 Å². The Labute approximate surface area is 94.8 Å². The summed E-state index contributed by atoms with van der Waals surface area (Å²) in [4.78, 5) is 0. The molecule has 1 heteroatoms. The van der Waals surface area contributed by atoms with Gasteiger partial charge in [0, 0.05) is 6.04 Å². The zero-order chi connectivity index (χ0) is 10.8. The van der Waals surface area contributed by atoms with E-state index in [1.54, 1.807) is 0 Å². The van der Waals surface area contributed by atoms with E-state index in [2.05, 4.69) is 13.8 Å². The lowest BCUT2D eigenvalue weighted by Crippen LogP contribution is -2.40. The number of hydrogen-bond acceptors (Lipinski definition) is 1. The van der Waals surface area contributed by atoms with E-state index in [0.29, 0.717) is 6.04 Å². The summed E-state index contributed by atoms with van der Waals surface area (Å²) < 4.78 is 0. The van der Waals surface area contributed by atoms with Gasteiger partial charge in [-0.25, -0.2) is 0 Å². The molecular weight excluding hydrogens is 182 g/mol. The Hall–Kier alpha value is -0.0400. The van der Waals surface area contributed by atoms with Gasteiger partial charge in [-0.3, -0.25) is 0 Å². The Morgan fingerprint density at radius 1 is 0.933 bits per heavy atom. The summed E-state index contributed by atoms with van der Waals surface area (Å²) in [6.07, 6.45) is 9.86. The second kappa shape index (κ2) is 4.86. The largest absolute Gasteiger partial charge is 0.327 e. The minimum atomic E-state index is 0.509. The summed E-state index contributed by atoms with van der Waals surface area (Å²) in [6, 6.07) is 0.509. The third-order valence-electron chi connectivity index (χ3n) is 5.03. The first kappa shape index (κ1) is 11.4. The van der Waals surface area contributed by atoms with Crippen molar-refractivity contribution in [2.45, 2.75) is 64.8 Å². The summed E-state index contributed by atoms with van der Waals surface area (Å²) in [6.45, 7) is 4.79. The van der Waals surface area contributed by atoms with Crippen LogP contribution in [-0.2, 0) is 0 Å². The molecule has 0 aromatic carbocycles. The fourth-order valence-corrected chi connectivity index (χ4v) is 3.77. The highest BCUT2D eigenvalue weighted by Gasteiger charge is 2.34. The Bertz CT molecular complexity index is 194. The van der Waals surface area contributed by atoms with Gasteiger partial charge in [0.2, 0.25) is 0 Å². The third-order valence-corrected chi connectivity index (χ3v) is 5.03. The fraction of sp³-hybridized carbons (Fsp3) is 1.00. The fourth-order valence-electron chi connectivity index (χ4n) is 3.77. The van der Waals surface area contributed by atoms with E-state index < -0.39 is 0 Å². The van der Waals surface area contributed by atoms with Crippen LogP contribution in [0.25, 0.3) is 0 Å². The molecule has 0 aliphatic heterocycles. The van der Waals surface area contributed by atoms with Crippen molar-refractivity contribution in [2.75, 3.05) is 0 Å². The Morgan fingerprint density at radius 3 is 2.13 bits per heavy atom. The van der Waals surface area contributed by atoms with Crippen molar-refractivity contribution in [3.8, 4) is 0 Å². The van der Waals surface area contributed by atoms with Crippen molar-refractivity contribution in [3.05, 3.63) is 0 Å². The molecule has 0 aromatic rings. The summed E-state index contributed by atoms with van der Waals surface area (Å²) in [5.41, 5.74) is 6.49. The van der Waals surface area contributed by atoms with Crippen molar-refractivity contribution in [1.82, 2.24) is 0 Å². The monoisotopic (exact) mass is 209 g/mol. The average molecular weight is 209 g/mol. The van der Waals surface area contributed by atoms with Crippen LogP contribution in [0.2, 0.25) is 0 Å². The molecule has 0 bridgehead atoms. The van der Waals surface area contributed by atoms with E-state index in [9.17, 15) is 0 Å². The smallest absolute Gasteiger partial charge is 0.00981 e. The average Bonchev–Trinajstić information content (AvgIpc) is 2.65. The van der Waals surface area contributed by atoms with Gasteiger partial charge in [-0.2, -0.15) is 0 Å². The molecule has 3 unspecified atom stereocenters. The first-order valence-corrected chi connectivity index (χ1v) is 6.94. The van der Waals surface area contributed by atoms with Crippen LogP contribution in [0, 0.1) is 23.7 Å². The maximum Gasteiger partial charge on any atom is 0.00981 e. The van der Waals surface area contributed by atoms with E-state index in [-0.39, 0.29) is 0 Å². The van der Waals surface area contributed by atoms with E-state index in [1.807, 2.05) is 0 Å². The second-order valence-electron chi connectivity index (χ2n) is 6.17. The van der Waals surface area contributed by atoms with Gasteiger partial charge in [-0.15, -0.1) is 0 Å². The van der Waals surface area contributed by atoms with E-state index in [0.717, 1.165) is 23.7 Å². The highest BCUT2D eigenvalue weighted by Crippen LogP contribution is 2.39. The first-order chi connectivity index (χ1) is 7.18. The van der Waals surface area contributed by atoms with Crippen LogP contribution < -0.4 is 5.73 Å². The molecule has 0 saturated heterocycles. The first-order valence-electron chi connectivity index (χ1n) is 6.94. The van der Waals surface area contributed by atoms with Gasteiger partial charge in [-0.1, -0.05) is 39.5 Å². The number of rotatable bonds is 2. The van der Waals surface area contributed by atoms with Gasteiger partial charge in [0.25, 0.3) is 0 Å². The minimum Gasteiger partial charge on any atom is -0.327 e. The van der Waals surface area contributed by atoms with E-state index in [1.165, 1.54) is 44.9 Å². The van der Waals surface area contributed by atoms with Crippen LogP contribution in [0.15, 0.2) is 0 Å². The van der Waals surface area contributed by atoms with Gasteiger partial charge < -0.3 is 5.73 Å². The standard InChI is InChI=1S/C14H27N/c1-10-6-8-12(9-7-10)14(15)13-5-3-4-11(13)2/h10-14H,3-9,15H2,1-2H3. The van der Waals surface area contributed by atoms with Crippen molar-refractivity contribution in [1.29, 1.82) is 0 Å². The molecule has 2 N–H and O–H groups in total. The summed E-state index contributed by atoms with van der Waals surface area (Å²) in [5.74, 6) is 3.52. The lowest BCUT2D eigenvalue weighted by Gasteiger charge is -2.35. The summed E-state index contributed by atoms with van der Waals surface area (Å²) >= 11 is 0. The molecule has 2 aliphatic rings.